The second-order valence-corrected chi connectivity index (χ2v) is 8.48. The van der Waals surface area contributed by atoms with Crippen molar-refractivity contribution in [2.45, 2.75) is 76.5 Å². The maximum absolute atomic E-state index is 12.8. The van der Waals surface area contributed by atoms with Crippen LogP contribution < -0.4 is 32.7 Å². The number of rotatable bonds is 14. The molecule has 13 heteroatoms. The first-order chi connectivity index (χ1) is 15.4. The van der Waals surface area contributed by atoms with Gasteiger partial charge in [-0.25, -0.2) is 4.79 Å². The summed E-state index contributed by atoms with van der Waals surface area (Å²) in [5.74, 6) is -5.01. The minimum atomic E-state index is -1.38. The molecule has 0 spiro atoms. The lowest BCUT2D eigenvalue weighted by Gasteiger charge is -2.25. The maximum atomic E-state index is 12.8. The molecule has 33 heavy (non-hydrogen) atoms. The Morgan fingerprint density at radius 1 is 0.939 bits per heavy atom. The number of nitrogens with one attached hydrogen (secondary N) is 4. The van der Waals surface area contributed by atoms with E-state index in [9.17, 15) is 33.9 Å². The number of hydrogen-bond acceptors (Lipinski definition) is 7. The summed E-state index contributed by atoms with van der Waals surface area (Å²) >= 11 is 0. The zero-order chi connectivity index (χ0) is 25.1. The monoisotopic (exact) mass is 470 g/mol. The Hall–Kier alpha value is -3.22. The molecule has 0 aromatic rings. The number of carbonyl (C=O) groups is 6. The van der Waals surface area contributed by atoms with E-state index in [-0.39, 0.29) is 25.2 Å². The fourth-order valence-electron chi connectivity index (χ4n) is 3.38. The van der Waals surface area contributed by atoms with Gasteiger partial charge in [-0.2, -0.15) is 0 Å². The highest BCUT2D eigenvalue weighted by molar-refractivity contribution is 5.96. The van der Waals surface area contributed by atoms with Gasteiger partial charge in [-0.3, -0.25) is 24.0 Å². The predicted octanol–water partition coefficient (Wildman–Crippen LogP) is -2.54. The van der Waals surface area contributed by atoms with Crippen LogP contribution in [0.4, 0.5) is 0 Å². The fraction of sp³-hybridized carbons (Fsp3) is 0.700. The van der Waals surface area contributed by atoms with E-state index in [4.69, 9.17) is 11.5 Å². The maximum Gasteiger partial charge on any atom is 0.326 e. The van der Waals surface area contributed by atoms with Gasteiger partial charge in [-0.15, -0.1) is 0 Å². The molecule has 9 N–H and O–H groups in total. The highest BCUT2D eigenvalue weighted by Gasteiger charge is 2.32. The second kappa shape index (κ2) is 13.4. The standard InChI is InChI=1S/C20H34N6O7/c1-10(2)8-13(18(30)24-12(20(32)33)5-6-15(21)27)25-19(31)14(9-16(22)28)26-17(29)11-4-3-7-23-11/h10-14,23H,3-9H2,1-2H3,(H2,21,27)(H2,22,28)(H,24,30)(H,25,31)(H,26,29)(H,32,33). The van der Waals surface area contributed by atoms with E-state index in [2.05, 4.69) is 21.3 Å². The number of aliphatic carboxylic acids is 1. The molecule has 1 aliphatic rings. The van der Waals surface area contributed by atoms with Crippen LogP contribution in [-0.4, -0.2) is 71.3 Å². The van der Waals surface area contributed by atoms with Crippen molar-refractivity contribution in [3.05, 3.63) is 0 Å². The van der Waals surface area contributed by atoms with Crippen molar-refractivity contribution >= 4 is 35.5 Å². The normalized spacial score (nSPS) is 18.1. The van der Waals surface area contributed by atoms with Crippen molar-refractivity contribution in [2.75, 3.05) is 6.54 Å². The first-order valence-corrected chi connectivity index (χ1v) is 10.8. The van der Waals surface area contributed by atoms with E-state index in [0.717, 1.165) is 6.42 Å². The molecule has 1 saturated heterocycles. The molecule has 1 fully saturated rings. The number of carboxylic acid groups (broad SMARTS) is 1. The lowest BCUT2D eigenvalue weighted by Crippen LogP contribution is -2.58. The first-order valence-electron chi connectivity index (χ1n) is 10.8. The van der Waals surface area contributed by atoms with Crippen molar-refractivity contribution in [3.63, 3.8) is 0 Å². The van der Waals surface area contributed by atoms with Gasteiger partial charge in [-0.1, -0.05) is 13.8 Å². The minimum absolute atomic E-state index is 0.0678. The zero-order valence-corrected chi connectivity index (χ0v) is 18.9. The summed E-state index contributed by atoms with van der Waals surface area (Å²) < 4.78 is 0. The van der Waals surface area contributed by atoms with Gasteiger partial charge in [0.15, 0.2) is 0 Å². The van der Waals surface area contributed by atoms with Crippen LogP contribution in [0, 0.1) is 5.92 Å². The fourth-order valence-corrected chi connectivity index (χ4v) is 3.38. The minimum Gasteiger partial charge on any atom is -0.480 e. The number of primary amides is 2. The van der Waals surface area contributed by atoms with Crippen molar-refractivity contribution in [1.29, 1.82) is 0 Å². The molecule has 0 aromatic carbocycles. The lowest BCUT2D eigenvalue weighted by molar-refractivity contribution is -0.143. The molecule has 4 unspecified atom stereocenters. The summed E-state index contributed by atoms with van der Waals surface area (Å²) in [4.78, 5) is 71.9. The third kappa shape index (κ3) is 10.3. The van der Waals surface area contributed by atoms with Crippen molar-refractivity contribution in [3.8, 4) is 0 Å². The van der Waals surface area contributed by atoms with Crippen LogP contribution in [0.5, 0.6) is 0 Å². The number of carboxylic acids is 1. The molecule has 0 saturated carbocycles. The van der Waals surface area contributed by atoms with Gasteiger partial charge < -0.3 is 37.8 Å². The van der Waals surface area contributed by atoms with E-state index in [1.807, 2.05) is 0 Å². The van der Waals surface area contributed by atoms with Gasteiger partial charge in [-0.05, 0) is 38.1 Å². The summed E-state index contributed by atoms with van der Waals surface area (Å²) in [5.41, 5.74) is 10.3. The average Bonchev–Trinajstić information content (AvgIpc) is 3.23. The summed E-state index contributed by atoms with van der Waals surface area (Å²) in [6.45, 7) is 4.24. The molecule has 0 bridgehead atoms. The Kier molecular flexibility index (Phi) is 11.3. The van der Waals surface area contributed by atoms with Crippen LogP contribution in [0.15, 0.2) is 0 Å². The number of hydrogen-bond donors (Lipinski definition) is 7. The SMILES string of the molecule is CC(C)CC(NC(=O)C(CC(N)=O)NC(=O)C1CCCN1)C(=O)NC(CCC(N)=O)C(=O)O. The Morgan fingerprint density at radius 3 is 2.03 bits per heavy atom. The molecule has 1 heterocycles. The Morgan fingerprint density at radius 2 is 1.55 bits per heavy atom. The smallest absolute Gasteiger partial charge is 0.326 e. The average molecular weight is 471 g/mol. The van der Waals surface area contributed by atoms with Gasteiger partial charge in [0.25, 0.3) is 0 Å². The van der Waals surface area contributed by atoms with Crippen LogP contribution in [0.25, 0.3) is 0 Å². The summed E-state index contributed by atoms with van der Waals surface area (Å²) in [6, 6.07) is -4.33. The summed E-state index contributed by atoms with van der Waals surface area (Å²) in [5, 5.41) is 19.6. The zero-order valence-electron chi connectivity index (χ0n) is 18.9. The summed E-state index contributed by atoms with van der Waals surface area (Å²) in [6.07, 6.45) is 0.588. The molecular formula is C20H34N6O7. The van der Waals surface area contributed by atoms with Crippen molar-refractivity contribution in [2.24, 2.45) is 17.4 Å². The Balaban J connectivity index is 2.92. The van der Waals surface area contributed by atoms with Gasteiger partial charge in [0.1, 0.15) is 18.1 Å². The third-order valence-corrected chi connectivity index (χ3v) is 5.05. The van der Waals surface area contributed by atoms with E-state index in [1.54, 1.807) is 13.8 Å². The van der Waals surface area contributed by atoms with Gasteiger partial charge in [0.2, 0.25) is 29.5 Å². The van der Waals surface area contributed by atoms with Gasteiger partial charge in [0, 0.05) is 6.42 Å². The summed E-state index contributed by atoms with van der Waals surface area (Å²) in [7, 11) is 0. The molecular weight excluding hydrogens is 436 g/mol. The van der Waals surface area contributed by atoms with Crippen LogP contribution in [0.3, 0.4) is 0 Å². The Bertz CT molecular complexity index is 751. The van der Waals surface area contributed by atoms with Gasteiger partial charge in [0.05, 0.1) is 12.5 Å². The van der Waals surface area contributed by atoms with Gasteiger partial charge >= 0.3 is 5.97 Å². The van der Waals surface area contributed by atoms with E-state index >= 15 is 0 Å². The van der Waals surface area contributed by atoms with Crippen LogP contribution >= 0.6 is 0 Å². The quantitative estimate of drug-likeness (QED) is 0.143. The largest absolute Gasteiger partial charge is 0.480 e. The number of nitrogens with two attached hydrogens (primary N) is 2. The molecule has 4 atom stereocenters. The molecule has 0 aliphatic carbocycles. The molecule has 13 nitrogen and oxygen atoms in total. The highest BCUT2D eigenvalue weighted by atomic mass is 16.4. The van der Waals surface area contributed by atoms with Crippen LogP contribution in [-0.2, 0) is 28.8 Å². The molecule has 0 aromatic heterocycles. The first kappa shape index (κ1) is 27.8. The molecule has 0 radical (unpaired) electrons. The van der Waals surface area contributed by atoms with Crippen LogP contribution in [0.1, 0.15) is 52.4 Å². The molecule has 5 amide bonds. The lowest BCUT2D eigenvalue weighted by atomic mass is 10.0. The molecule has 1 rings (SSSR count). The molecule has 186 valence electrons. The van der Waals surface area contributed by atoms with E-state index < -0.39 is 66.1 Å². The number of amides is 5. The molecule has 1 aliphatic heterocycles. The second-order valence-electron chi connectivity index (χ2n) is 8.48. The van der Waals surface area contributed by atoms with E-state index in [1.165, 1.54) is 0 Å². The number of carbonyl (C=O) groups excluding carboxylic acids is 5. The third-order valence-electron chi connectivity index (χ3n) is 5.05. The predicted molar refractivity (Wildman–Crippen MR) is 116 cm³/mol. The topological polar surface area (TPSA) is 223 Å². The van der Waals surface area contributed by atoms with E-state index in [0.29, 0.717) is 13.0 Å². The van der Waals surface area contributed by atoms with Crippen molar-refractivity contribution < 1.29 is 33.9 Å². The highest BCUT2D eigenvalue weighted by Crippen LogP contribution is 2.09. The van der Waals surface area contributed by atoms with Crippen molar-refractivity contribution in [1.82, 2.24) is 21.3 Å². The Labute approximate surface area is 191 Å². The van der Waals surface area contributed by atoms with Crippen LogP contribution in [0.2, 0.25) is 0 Å².